The minimum absolute atomic E-state index is 0.167. The van der Waals surface area contributed by atoms with Crippen LogP contribution in [0.3, 0.4) is 0 Å². The Bertz CT molecular complexity index is 286. The van der Waals surface area contributed by atoms with Crippen LogP contribution in [0.5, 0.6) is 0 Å². The molecule has 0 aliphatic carbocycles. The SMILES string of the molecule is CC(CBr)Cc1cc(F)ccc1Br. The monoisotopic (exact) mass is 308 g/mol. The van der Waals surface area contributed by atoms with E-state index in [0.717, 1.165) is 21.8 Å². The predicted molar refractivity (Wildman–Crippen MR) is 60.8 cm³/mol. The minimum atomic E-state index is -0.167. The Hall–Kier alpha value is 0.110. The van der Waals surface area contributed by atoms with E-state index in [-0.39, 0.29) is 5.82 Å². The molecule has 1 atom stereocenters. The lowest BCUT2D eigenvalue weighted by atomic mass is 10.0. The summed E-state index contributed by atoms with van der Waals surface area (Å²) < 4.78 is 13.9. The highest BCUT2D eigenvalue weighted by Crippen LogP contribution is 2.21. The molecule has 0 heterocycles. The molecular weight excluding hydrogens is 299 g/mol. The van der Waals surface area contributed by atoms with Gasteiger partial charge in [0.25, 0.3) is 0 Å². The van der Waals surface area contributed by atoms with Crippen molar-refractivity contribution in [1.82, 2.24) is 0 Å². The maximum absolute atomic E-state index is 12.9. The van der Waals surface area contributed by atoms with Crippen LogP contribution >= 0.6 is 31.9 Å². The van der Waals surface area contributed by atoms with Crippen LogP contribution in [0, 0.1) is 11.7 Å². The van der Waals surface area contributed by atoms with Crippen LogP contribution in [0.1, 0.15) is 12.5 Å². The molecule has 1 aromatic rings. The molecule has 72 valence electrons. The van der Waals surface area contributed by atoms with Crippen molar-refractivity contribution in [2.75, 3.05) is 5.33 Å². The Labute approximate surface area is 94.8 Å². The lowest BCUT2D eigenvalue weighted by molar-refractivity contribution is 0.615. The second kappa shape index (κ2) is 5.11. The van der Waals surface area contributed by atoms with Gasteiger partial charge in [0.05, 0.1) is 0 Å². The molecule has 0 amide bonds. The van der Waals surface area contributed by atoms with Crippen LogP contribution in [0.4, 0.5) is 4.39 Å². The van der Waals surface area contributed by atoms with Gasteiger partial charge in [0.2, 0.25) is 0 Å². The van der Waals surface area contributed by atoms with Crippen LogP contribution in [-0.2, 0) is 6.42 Å². The Kier molecular flexibility index (Phi) is 4.39. The summed E-state index contributed by atoms with van der Waals surface area (Å²) in [5, 5.41) is 0.940. The summed E-state index contributed by atoms with van der Waals surface area (Å²) in [5.41, 5.74) is 1.03. The molecule has 3 heteroatoms. The maximum atomic E-state index is 12.9. The number of hydrogen-bond donors (Lipinski definition) is 0. The normalized spacial score (nSPS) is 12.9. The van der Waals surface area contributed by atoms with Crippen molar-refractivity contribution in [1.29, 1.82) is 0 Å². The smallest absolute Gasteiger partial charge is 0.123 e. The van der Waals surface area contributed by atoms with Crippen molar-refractivity contribution in [3.05, 3.63) is 34.1 Å². The van der Waals surface area contributed by atoms with E-state index in [9.17, 15) is 4.39 Å². The molecule has 1 aromatic carbocycles. The van der Waals surface area contributed by atoms with Crippen molar-refractivity contribution >= 4 is 31.9 Å². The molecule has 0 saturated heterocycles. The zero-order chi connectivity index (χ0) is 9.84. The first kappa shape index (κ1) is 11.2. The first-order chi connectivity index (χ1) is 6.13. The summed E-state index contributed by atoms with van der Waals surface area (Å²) in [6.07, 6.45) is 0.892. The van der Waals surface area contributed by atoms with Crippen LogP contribution in [0.25, 0.3) is 0 Å². The summed E-state index contributed by atoms with van der Waals surface area (Å²) in [7, 11) is 0. The van der Waals surface area contributed by atoms with Crippen LogP contribution < -0.4 is 0 Å². The molecule has 0 aromatic heterocycles. The molecule has 0 spiro atoms. The largest absolute Gasteiger partial charge is 0.207 e. The highest BCUT2D eigenvalue weighted by molar-refractivity contribution is 9.10. The number of rotatable bonds is 3. The van der Waals surface area contributed by atoms with Gasteiger partial charge in [0, 0.05) is 9.80 Å². The van der Waals surface area contributed by atoms with E-state index in [1.54, 1.807) is 12.1 Å². The van der Waals surface area contributed by atoms with E-state index in [2.05, 4.69) is 38.8 Å². The van der Waals surface area contributed by atoms with E-state index >= 15 is 0 Å². The maximum Gasteiger partial charge on any atom is 0.123 e. The molecular formula is C10H11Br2F. The van der Waals surface area contributed by atoms with Crippen molar-refractivity contribution in [2.45, 2.75) is 13.3 Å². The highest BCUT2D eigenvalue weighted by Gasteiger charge is 2.06. The van der Waals surface area contributed by atoms with E-state index in [4.69, 9.17) is 0 Å². The minimum Gasteiger partial charge on any atom is -0.207 e. The van der Waals surface area contributed by atoms with Gasteiger partial charge in [-0.15, -0.1) is 0 Å². The lowest BCUT2D eigenvalue weighted by Gasteiger charge is -2.09. The second-order valence-corrected chi connectivity index (χ2v) is 4.70. The highest BCUT2D eigenvalue weighted by atomic mass is 79.9. The molecule has 0 saturated carbocycles. The molecule has 0 aliphatic heterocycles. The fraction of sp³-hybridized carbons (Fsp3) is 0.400. The van der Waals surface area contributed by atoms with Gasteiger partial charge < -0.3 is 0 Å². The van der Waals surface area contributed by atoms with Gasteiger partial charge in [-0.25, -0.2) is 4.39 Å². The van der Waals surface area contributed by atoms with E-state index < -0.39 is 0 Å². The van der Waals surface area contributed by atoms with Gasteiger partial charge in [0.1, 0.15) is 5.82 Å². The number of benzene rings is 1. The van der Waals surface area contributed by atoms with Crippen molar-refractivity contribution < 1.29 is 4.39 Å². The molecule has 0 aliphatic rings. The van der Waals surface area contributed by atoms with Gasteiger partial charge in [-0.2, -0.15) is 0 Å². The van der Waals surface area contributed by atoms with Crippen molar-refractivity contribution in [2.24, 2.45) is 5.92 Å². The average Bonchev–Trinajstić information content (AvgIpc) is 2.11. The van der Waals surface area contributed by atoms with Crippen LogP contribution in [-0.4, -0.2) is 5.33 Å². The molecule has 0 radical (unpaired) electrons. The van der Waals surface area contributed by atoms with E-state index in [1.807, 2.05) is 0 Å². The molecule has 0 fully saturated rings. The summed E-state index contributed by atoms with van der Waals surface area (Å²) >= 11 is 6.81. The zero-order valence-electron chi connectivity index (χ0n) is 7.36. The third-order valence-corrected chi connectivity index (χ3v) is 3.72. The van der Waals surface area contributed by atoms with Gasteiger partial charge in [0.15, 0.2) is 0 Å². The zero-order valence-corrected chi connectivity index (χ0v) is 10.5. The predicted octanol–water partition coefficient (Wildman–Crippen LogP) is 4.16. The first-order valence-corrected chi connectivity index (χ1v) is 6.05. The third kappa shape index (κ3) is 3.39. The van der Waals surface area contributed by atoms with Gasteiger partial charge in [-0.05, 0) is 36.1 Å². The second-order valence-electron chi connectivity index (χ2n) is 3.20. The van der Waals surface area contributed by atoms with Crippen molar-refractivity contribution in [3.63, 3.8) is 0 Å². The van der Waals surface area contributed by atoms with Gasteiger partial charge >= 0.3 is 0 Å². The van der Waals surface area contributed by atoms with Gasteiger partial charge in [-0.1, -0.05) is 38.8 Å². The quantitative estimate of drug-likeness (QED) is 0.735. The summed E-state index contributed by atoms with van der Waals surface area (Å²) in [6.45, 7) is 2.13. The van der Waals surface area contributed by atoms with E-state index in [1.165, 1.54) is 6.07 Å². The Morgan fingerprint density at radius 3 is 2.77 bits per heavy atom. The summed E-state index contributed by atoms with van der Waals surface area (Å²) in [6, 6.07) is 4.81. The van der Waals surface area contributed by atoms with Gasteiger partial charge in [-0.3, -0.25) is 0 Å². The topological polar surface area (TPSA) is 0 Å². The molecule has 1 unspecified atom stereocenters. The Balaban J connectivity index is 2.81. The lowest BCUT2D eigenvalue weighted by Crippen LogP contribution is -2.01. The Morgan fingerprint density at radius 2 is 2.15 bits per heavy atom. The fourth-order valence-electron chi connectivity index (χ4n) is 1.13. The standard InChI is InChI=1S/C10H11Br2F/c1-7(6-11)4-8-5-9(13)2-3-10(8)12/h2-3,5,7H,4,6H2,1H3. The number of halogens is 3. The first-order valence-electron chi connectivity index (χ1n) is 4.13. The Morgan fingerprint density at radius 1 is 1.46 bits per heavy atom. The van der Waals surface area contributed by atoms with E-state index in [0.29, 0.717) is 5.92 Å². The van der Waals surface area contributed by atoms with Crippen LogP contribution in [0.15, 0.2) is 22.7 Å². The molecule has 1 rings (SSSR count). The number of hydrogen-bond acceptors (Lipinski definition) is 0. The molecule has 0 nitrogen and oxygen atoms in total. The average molecular weight is 310 g/mol. The molecule has 0 bridgehead atoms. The number of alkyl halides is 1. The van der Waals surface area contributed by atoms with Crippen molar-refractivity contribution in [3.8, 4) is 0 Å². The summed E-state index contributed by atoms with van der Waals surface area (Å²) in [4.78, 5) is 0. The molecule has 13 heavy (non-hydrogen) atoms. The third-order valence-electron chi connectivity index (χ3n) is 1.84. The fourth-order valence-corrected chi connectivity index (χ4v) is 1.77. The van der Waals surface area contributed by atoms with Crippen LogP contribution in [0.2, 0.25) is 0 Å². The molecule has 0 N–H and O–H groups in total. The summed E-state index contributed by atoms with van der Waals surface area (Å²) in [5.74, 6) is 0.359.